The molecular formula is C26H30BrN3OS. The molecule has 32 heavy (non-hydrogen) atoms. The smallest absolute Gasteiger partial charge is 0.250 e. The summed E-state index contributed by atoms with van der Waals surface area (Å²) in [6.45, 7) is 12.6. The first kappa shape index (κ1) is 24.3. The third-order valence-corrected chi connectivity index (χ3v) is 7.38. The topological polar surface area (TPSA) is 46.4 Å². The van der Waals surface area contributed by atoms with E-state index in [0.29, 0.717) is 5.75 Å². The van der Waals surface area contributed by atoms with Crippen molar-refractivity contribution < 1.29 is 4.79 Å². The Morgan fingerprint density at radius 2 is 1.69 bits per heavy atom. The molecular weight excluding hydrogens is 482 g/mol. The molecule has 0 saturated carbocycles. The Bertz CT molecular complexity index is 1160. The second-order valence-electron chi connectivity index (χ2n) is 8.31. The van der Waals surface area contributed by atoms with Crippen LogP contribution in [0, 0.1) is 41.5 Å². The monoisotopic (exact) mass is 511 g/mol. The molecule has 1 aromatic heterocycles. The van der Waals surface area contributed by atoms with Crippen LogP contribution in [0.1, 0.15) is 44.8 Å². The first-order valence-electron chi connectivity index (χ1n) is 10.6. The molecule has 3 aromatic rings. The lowest BCUT2D eigenvalue weighted by molar-refractivity contribution is -0.118. The molecule has 0 spiro atoms. The van der Waals surface area contributed by atoms with Gasteiger partial charge < -0.3 is 4.57 Å². The summed E-state index contributed by atoms with van der Waals surface area (Å²) >= 11 is 5.30. The fourth-order valence-electron chi connectivity index (χ4n) is 4.01. The summed E-state index contributed by atoms with van der Waals surface area (Å²) in [4.78, 5) is 12.2. The molecule has 0 aliphatic heterocycles. The highest BCUT2D eigenvalue weighted by Gasteiger charge is 2.17. The van der Waals surface area contributed by atoms with Crippen LogP contribution in [0.3, 0.4) is 0 Å². The molecule has 6 heteroatoms. The van der Waals surface area contributed by atoms with Gasteiger partial charge in [-0.05, 0) is 74.7 Å². The van der Waals surface area contributed by atoms with E-state index in [1.165, 1.54) is 27.8 Å². The van der Waals surface area contributed by atoms with Crippen molar-refractivity contribution in [1.29, 1.82) is 0 Å². The van der Waals surface area contributed by atoms with Crippen molar-refractivity contribution in [3.8, 4) is 5.69 Å². The molecule has 168 valence electrons. The Morgan fingerprint density at radius 1 is 1.00 bits per heavy atom. The normalized spacial score (nSPS) is 11.3. The van der Waals surface area contributed by atoms with Crippen LogP contribution in [0.15, 0.2) is 46.0 Å². The van der Waals surface area contributed by atoms with Gasteiger partial charge in [-0.3, -0.25) is 4.79 Å². The van der Waals surface area contributed by atoms with Crippen LogP contribution >= 0.6 is 27.7 Å². The molecule has 1 heterocycles. The molecule has 2 aromatic carbocycles. The minimum atomic E-state index is -0.102. The SMILES string of the molecule is Cc1cc(C)cc(CSCC(=O)N/N=C\c2c(Br)c(C)n(-c3ccc(C)cc3C)c2C)c1. The number of aryl methyl sites for hydroxylation is 4. The van der Waals surface area contributed by atoms with Crippen LogP contribution in [0.5, 0.6) is 0 Å². The fourth-order valence-corrected chi connectivity index (χ4v) is 5.33. The highest BCUT2D eigenvalue weighted by Crippen LogP contribution is 2.31. The lowest BCUT2D eigenvalue weighted by Crippen LogP contribution is -2.19. The minimum absolute atomic E-state index is 0.102. The van der Waals surface area contributed by atoms with Gasteiger partial charge in [0.15, 0.2) is 0 Å². The molecule has 0 saturated heterocycles. The minimum Gasteiger partial charge on any atom is -0.316 e. The highest BCUT2D eigenvalue weighted by atomic mass is 79.9. The zero-order valence-electron chi connectivity index (χ0n) is 19.5. The summed E-state index contributed by atoms with van der Waals surface area (Å²) in [6, 6.07) is 12.9. The first-order chi connectivity index (χ1) is 15.2. The predicted molar refractivity (Wildman–Crippen MR) is 140 cm³/mol. The number of carbonyl (C=O) groups excluding carboxylic acids is 1. The third kappa shape index (κ3) is 5.73. The van der Waals surface area contributed by atoms with E-state index in [2.05, 4.69) is 109 Å². The standard InChI is InChI=1S/C26H30BrN3OS/c1-16-7-8-24(19(4)10-16)30-20(5)23(26(27)21(30)6)13-28-29-25(31)15-32-14-22-11-17(2)9-18(3)12-22/h7-13H,14-15H2,1-6H3,(H,29,31)/b28-13-. The van der Waals surface area contributed by atoms with Gasteiger partial charge in [0.1, 0.15) is 0 Å². The predicted octanol–water partition coefficient (Wildman–Crippen LogP) is 6.47. The number of benzene rings is 2. The maximum Gasteiger partial charge on any atom is 0.250 e. The molecule has 3 rings (SSSR count). The number of hydrazone groups is 1. The van der Waals surface area contributed by atoms with Crippen molar-refractivity contribution >= 4 is 39.8 Å². The van der Waals surface area contributed by atoms with E-state index in [-0.39, 0.29) is 5.91 Å². The van der Waals surface area contributed by atoms with Gasteiger partial charge in [-0.2, -0.15) is 5.10 Å². The molecule has 0 aliphatic rings. The van der Waals surface area contributed by atoms with Crippen molar-refractivity contribution in [1.82, 2.24) is 9.99 Å². The van der Waals surface area contributed by atoms with E-state index in [1.54, 1.807) is 18.0 Å². The molecule has 0 unspecified atom stereocenters. The van der Waals surface area contributed by atoms with Crippen molar-refractivity contribution in [2.75, 3.05) is 5.75 Å². The Kier molecular flexibility index (Phi) is 8.01. The average molecular weight is 513 g/mol. The number of nitrogens with one attached hydrogen (secondary N) is 1. The number of nitrogens with zero attached hydrogens (tertiary/aromatic N) is 2. The van der Waals surface area contributed by atoms with E-state index in [4.69, 9.17) is 0 Å². The Labute approximate surface area is 203 Å². The maximum absolute atomic E-state index is 12.2. The molecule has 0 bridgehead atoms. The fraction of sp³-hybridized carbons (Fsp3) is 0.308. The molecule has 4 nitrogen and oxygen atoms in total. The van der Waals surface area contributed by atoms with E-state index in [0.717, 1.165) is 32.9 Å². The molecule has 0 fully saturated rings. The van der Waals surface area contributed by atoms with Crippen LogP contribution in [-0.2, 0) is 10.5 Å². The van der Waals surface area contributed by atoms with Gasteiger partial charge in [-0.15, -0.1) is 11.8 Å². The number of carbonyl (C=O) groups is 1. The van der Waals surface area contributed by atoms with Gasteiger partial charge in [0.2, 0.25) is 5.91 Å². The van der Waals surface area contributed by atoms with Crippen molar-refractivity contribution in [3.63, 3.8) is 0 Å². The van der Waals surface area contributed by atoms with Crippen molar-refractivity contribution in [3.05, 3.63) is 85.6 Å². The zero-order chi connectivity index (χ0) is 23.4. The Hall–Kier alpha value is -2.31. The van der Waals surface area contributed by atoms with Gasteiger partial charge in [-0.1, -0.05) is 47.0 Å². The lowest BCUT2D eigenvalue weighted by Gasteiger charge is -2.13. The largest absolute Gasteiger partial charge is 0.316 e. The first-order valence-corrected chi connectivity index (χ1v) is 12.5. The van der Waals surface area contributed by atoms with E-state index in [9.17, 15) is 4.79 Å². The van der Waals surface area contributed by atoms with Gasteiger partial charge in [0, 0.05) is 32.9 Å². The van der Waals surface area contributed by atoms with Gasteiger partial charge in [0.05, 0.1) is 12.0 Å². The van der Waals surface area contributed by atoms with Crippen LogP contribution in [0.25, 0.3) is 5.69 Å². The molecule has 0 radical (unpaired) electrons. The molecule has 0 aliphatic carbocycles. The van der Waals surface area contributed by atoms with Gasteiger partial charge in [-0.25, -0.2) is 5.43 Å². The number of aromatic nitrogens is 1. The summed E-state index contributed by atoms with van der Waals surface area (Å²) < 4.78 is 3.21. The van der Waals surface area contributed by atoms with Crippen molar-refractivity contribution in [2.24, 2.45) is 5.10 Å². The second-order valence-corrected chi connectivity index (χ2v) is 10.1. The van der Waals surface area contributed by atoms with E-state index >= 15 is 0 Å². The number of thioether (sulfide) groups is 1. The van der Waals surface area contributed by atoms with Crippen LogP contribution < -0.4 is 5.43 Å². The summed E-state index contributed by atoms with van der Waals surface area (Å²) in [6.07, 6.45) is 1.72. The Morgan fingerprint density at radius 3 is 2.34 bits per heavy atom. The molecule has 0 atom stereocenters. The van der Waals surface area contributed by atoms with Crippen LogP contribution in [0.2, 0.25) is 0 Å². The van der Waals surface area contributed by atoms with Crippen LogP contribution in [0.4, 0.5) is 0 Å². The van der Waals surface area contributed by atoms with Gasteiger partial charge in [0.25, 0.3) is 0 Å². The van der Waals surface area contributed by atoms with Gasteiger partial charge >= 0.3 is 0 Å². The average Bonchev–Trinajstić information content (AvgIpc) is 2.91. The van der Waals surface area contributed by atoms with E-state index < -0.39 is 0 Å². The maximum atomic E-state index is 12.2. The third-order valence-electron chi connectivity index (χ3n) is 5.37. The Balaban J connectivity index is 1.64. The number of halogens is 1. The van der Waals surface area contributed by atoms with Crippen LogP contribution in [-0.4, -0.2) is 22.4 Å². The number of amides is 1. The summed E-state index contributed by atoms with van der Waals surface area (Å²) in [7, 11) is 0. The quantitative estimate of drug-likeness (QED) is 0.291. The second kappa shape index (κ2) is 10.5. The lowest BCUT2D eigenvalue weighted by atomic mass is 10.1. The summed E-state index contributed by atoms with van der Waals surface area (Å²) in [5, 5.41) is 4.22. The molecule has 1 amide bonds. The highest BCUT2D eigenvalue weighted by molar-refractivity contribution is 9.10. The summed E-state index contributed by atoms with van der Waals surface area (Å²) in [5.41, 5.74) is 13.2. The number of hydrogen-bond donors (Lipinski definition) is 1. The zero-order valence-corrected chi connectivity index (χ0v) is 21.9. The van der Waals surface area contributed by atoms with E-state index in [1.807, 2.05) is 0 Å². The number of rotatable bonds is 7. The number of hydrogen-bond acceptors (Lipinski definition) is 3. The molecule has 1 N–H and O–H groups in total. The van der Waals surface area contributed by atoms with Crippen molar-refractivity contribution in [2.45, 2.75) is 47.3 Å². The summed E-state index contributed by atoms with van der Waals surface area (Å²) in [5.74, 6) is 1.07.